The molecule has 0 aliphatic heterocycles. The predicted molar refractivity (Wildman–Crippen MR) is 66.0 cm³/mol. The second-order valence-corrected chi connectivity index (χ2v) is 3.78. The molecule has 1 aromatic heterocycles. The van der Waals surface area contributed by atoms with Crippen molar-refractivity contribution in [2.24, 2.45) is 0 Å². The number of halogens is 1. The molecule has 0 unspecified atom stereocenters. The molecule has 0 aliphatic rings. The summed E-state index contributed by atoms with van der Waals surface area (Å²) in [6.45, 7) is 0. The number of aromatic amines is 1. The first-order valence-corrected chi connectivity index (χ1v) is 5.65. The summed E-state index contributed by atoms with van der Waals surface area (Å²) < 4.78 is 9.61. The Morgan fingerprint density at radius 1 is 1.39 bits per heavy atom. The molecule has 0 fully saturated rings. The van der Waals surface area contributed by atoms with Gasteiger partial charge in [-0.2, -0.15) is 0 Å². The third-order valence-corrected chi connectivity index (χ3v) is 2.62. The molecule has 1 aromatic carbocycles. The number of ether oxygens (including phenoxy) is 2. The van der Waals surface area contributed by atoms with Gasteiger partial charge in [-0.3, -0.25) is 4.79 Å². The van der Waals surface area contributed by atoms with Crippen LogP contribution in [0.3, 0.4) is 0 Å². The Morgan fingerprint density at radius 3 is 2.83 bits per heavy atom. The van der Waals surface area contributed by atoms with Crippen LogP contribution in [0.2, 0.25) is 0 Å². The van der Waals surface area contributed by atoms with Crippen LogP contribution in [0.5, 0.6) is 5.75 Å². The number of benzene rings is 1. The van der Waals surface area contributed by atoms with E-state index in [2.05, 4.69) is 9.72 Å². The predicted octanol–water partition coefficient (Wildman–Crippen LogP) is 2.10. The van der Waals surface area contributed by atoms with Crippen molar-refractivity contribution < 1.29 is 19.1 Å². The number of nitrogens with one attached hydrogen (secondary N) is 1. The Kier molecular flexibility index (Phi) is 3.53. The number of esters is 2. The van der Waals surface area contributed by atoms with E-state index in [4.69, 9.17) is 16.3 Å². The van der Waals surface area contributed by atoms with E-state index in [1.54, 1.807) is 24.4 Å². The zero-order chi connectivity index (χ0) is 13.1. The number of hydrogen-bond donors (Lipinski definition) is 1. The highest BCUT2D eigenvalue weighted by Crippen LogP contribution is 2.24. The average molecular weight is 268 g/mol. The topological polar surface area (TPSA) is 68.4 Å². The second kappa shape index (κ2) is 5.10. The lowest BCUT2D eigenvalue weighted by atomic mass is 10.2. The maximum atomic E-state index is 11.5. The van der Waals surface area contributed by atoms with Crippen LogP contribution in [0.1, 0.15) is 10.4 Å². The van der Waals surface area contributed by atoms with Gasteiger partial charge in [0.2, 0.25) is 0 Å². The molecular weight excluding hydrogens is 258 g/mol. The largest absolute Gasteiger partial charge is 0.465 e. The van der Waals surface area contributed by atoms with Crippen molar-refractivity contribution in [3.8, 4) is 5.75 Å². The summed E-state index contributed by atoms with van der Waals surface area (Å²) in [4.78, 5) is 25.4. The van der Waals surface area contributed by atoms with Crippen LogP contribution in [0.15, 0.2) is 24.4 Å². The van der Waals surface area contributed by atoms with Crippen LogP contribution >= 0.6 is 11.6 Å². The van der Waals surface area contributed by atoms with Gasteiger partial charge in [0.05, 0.1) is 12.7 Å². The van der Waals surface area contributed by atoms with E-state index in [9.17, 15) is 9.59 Å². The Labute approximate surface area is 108 Å². The van der Waals surface area contributed by atoms with E-state index in [-0.39, 0.29) is 5.88 Å². The zero-order valence-electron chi connectivity index (χ0n) is 9.53. The van der Waals surface area contributed by atoms with Crippen molar-refractivity contribution in [3.05, 3.63) is 30.0 Å². The molecule has 2 aromatic rings. The fourth-order valence-corrected chi connectivity index (χ4v) is 1.66. The Bertz CT molecular complexity index is 605. The minimum atomic E-state index is -0.532. The number of alkyl halides is 1. The summed E-state index contributed by atoms with van der Waals surface area (Å²) in [5.74, 6) is -0.801. The minimum Gasteiger partial charge on any atom is -0.465 e. The molecule has 0 bridgehead atoms. The van der Waals surface area contributed by atoms with Gasteiger partial charge in [-0.05, 0) is 12.1 Å². The van der Waals surface area contributed by atoms with Crippen LogP contribution in [0.4, 0.5) is 0 Å². The van der Waals surface area contributed by atoms with E-state index in [1.807, 2.05) is 0 Å². The lowest BCUT2D eigenvalue weighted by Gasteiger charge is -2.02. The molecule has 5 nitrogen and oxygen atoms in total. The summed E-state index contributed by atoms with van der Waals surface area (Å²) in [5.41, 5.74) is 1.11. The summed E-state index contributed by atoms with van der Waals surface area (Å²) >= 11 is 5.34. The smallest absolute Gasteiger partial charge is 0.340 e. The molecule has 94 valence electrons. The summed E-state index contributed by atoms with van der Waals surface area (Å²) in [6.07, 6.45) is 1.55. The van der Waals surface area contributed by atoms with Crippen molar-refractivity contribution in [1.29, 1.82) is 0 Å². The Morgan fingerprint density at radius 2 is 2.17 bits per heavy atom. The third-order valence-electron chi connectivity index (χ3n) is 2.40. The monoisotopic (exact) mass is 267 g/mol. The van der Waals surface area contributed by atoms with Crippen molar-refractivity contribution in [3.63, 3.8) is 0 Å². The van der Waals surface area contributed by atoms with Crippen LogP contribution in [-0.4, -0.2) is 29.9 Å². The van der Waals surface area contributed by atoms with Crippen molar-refractivity contribution in [1.82, 2.24) is 4.98 Å². The van der Waals surface area contributed by atoms with E-state index < -0.39 is 11.9 Å². The number of carbonyl (C=O) groups is 2. The van der Waals surface area contributed by atoms with Gasteiger partial charge < -0.3 is 14.5 Å². The number of rotatable bonds is 3. The maximum Gasteiger partial charge on any atom is 0.340 e. The molecule has 0 saturated heterocycles. The summed E-state index contributed by atoms with van der Waals surface area (Å²) in [7, 11) is 1.32. The number of fused-ring (bicyclic) bond motifs is 1. The quantitative estimate of drug-likeness (QED) is 0.525. The highest BCUT2D eigenvalue weighted by molar-refractivity contribution is 6.26. The van der Waals surface area contributed by atoms with E-state index in [1.165, 1.54) is 7.11 Å². The first-order valence-electron chi connectivity index (χ1n) is 5.12. The van der Waals surface area contributed by atoms with Crippen molar-refractivity contribution in [2.45, 2.75) is 0 Å². The molecule has 1 heterocycles. The van der Waals surface area contributed by atoms with Crippen LogP contribution in [0.25, 0.3) is 10.9 Å². The van der Waals surface area contributed by atoms with Gasteiger partial charge in [0.1, 0.15) is 11.6 Å². The first-order chi connectivity index (χ1) is 8.65. The number of aromatic nitrogens is 1. The molecular formula is C12H10ClNO4. The standard InChI is InChI=1S/C12H10ClNO4/c1-17-12(16)9-6-14-10-4-7(2-3-8(9)10)18-11(15)5-13/h2-4,6,14H,5H2,1H3. The van der Waals surface area contributed by atoms with Crippen LogP contribution in [0, 0.1) is 0 Å². The third kappa shape index (κ3) is 2.31. The van der Waals surface area contributed by atoms with E-state index in [0.717, 1.165) is 0 Å². The fraction of sp³-hybridized carbons (Fsp3) is 0.167. The number of H-pyrrole nitrogens is 1. The van der Waals surface area contributed by atoms with Gasteiger partial charge in [-0.15, -0.1) is 11.6 Å². The lowest BCUT2D eigenvalue weighted by Crippen LogP contribution is -2.08. The van der Waals surface area contributed by atoms with E-state index >= 15 is 0 Å². The maximum absolute atomic E-state index is 11.5. The summed E-state index contributed by atoms with van der Waals surface area (Å²) in [6, 6.07) is 4.88. The van der Waals surface area contributed by atoms with Gasteiger partial charge >= 0.3 is 11.9 Å². The highest BCUT2D eigenvalue weighted by Gasteiger charge is 2.13. The minimum absolute atomic E-state index is 0.212. The van der Waals surface area contributed by atoms with Crippen molar-refractivity contribution >= 4 is 34.4 Å². The number of carbonyl (C=O) groups excluding carboxylic acids is 2. The first kappa shape index (κ1) is 12.4. The second-order valence-electron chi connectivity index (χ2n) is 3.51. The SMILES string of the molecule is COC(=O)c1c[nH]c2cc(OC(=O)CCl)ccc12. The number of hydrogen-bond acceptors (Lipinski definition) is 4. The Hall–Kier alpha value is -2.01. The summed E-state index contributed by atoms with van der Waals surface area (Å²) in [5, 5.41) is 0.701. The molecule has 0 saturated carbocycles. The normalized spacial score (nSPS) is 10.3. The van der Waals surface area contributed by atoms with Crippen LogP contribution < -0.4 is 4.74 Å². The molecule has 0 radical (unpaired) electrons. The molecule has 18 heavy (non-hydrogen) atoms. The van der Waals surface area contributed by atoms with Gasteiger partial charge in [0.15, 0.2) is 0 Å². The highest BCUT2D eigenvalue weighted by atomic mass is 35.5. The molecule has 6 heteroatoms. The molecule has 0 amide bonds. The zero-order valence-corrected chi connectivity index (χ0v) is 10.3. The Balaban J connectivity index is 2.36. The van der Waals surface area contributed by atoms with Gasteiger partial charge in [-0.1, -0.05) is 0 Å². The molecule has 1 N–H and O–H groups in total. The molecule has 2 rings (SSSR count). The molecule has 0 atom stereocenters. The van der Waals surface area contributed by atoms with Crippen LogP contribution in [-0.2, 0) is 9.53 Å². The van der Waals surface area contributed by atoms with E-state index in [0.29, 0.717) is 22.2 Å². The average Bonchev–Trinajstić information content (AvgIpc) is 2.80. The number of methoxy groups -OCH3 is 1. The fourth-order valence-electron chi connectivity index (χ4n) is 1.61. The van der Waals surface area contributed by atoms with Gasteiger partial charge in [0.25, 0.3) is 0 Å². The van der Waals surface area contributed by atoms with Gasteiger partial charge in [-0.25, -0.2) is 4.79 Å². The molecule has 0 aliphatic carbocycles. The lowest BCUT2D eigenvalue weighted by molar-refractivity contribution is -0.131. The van der Waals surface area contributed by atoms with Crippen molar-refractivity contribution in [2.75, 3.05) is 13.0 Å². The van der Waals surface area contributed by atoms with Gasteiger partial charge in [0, 0.05) is 23.2 Å². The molecule has 0 spiro atoms.